The van der Waals surface area contributed by atoms with E-state index >= 15 is 0 Å². The number of carbonyl (C=O) groups excluding carboxylic acids is 1. The van der Waals surface area contributed by atoms with E-state index in [0.29, 0.717) is 18.4 Å². The molecule has 0 fully saturated rings. The van der Waals surface area contributed by atoms with Gasteiger partial charge in [-0.05, 0) is 37.2 Å². The number of rotatable bonds is 9. The molecule has 1 unspecified atom stereocenters. The molecule has 0 aliphatic rings. The summed E-state index contributed by atoms with van der Waals surface area (Å²) in [5.41, 5.74) is 1.11. The third-order valence-corrected chi connectivity index (χ3v) is 4.19. The average molecular weight is 289 g/mol. The lowest BCUT2D eigenvalue weighted by atomic mass is 9.79. The van der Waals surface area contributed by atoms with Gasteiger partial charge in [0.2, 0.25) is 0 Å². The van der Waals surface area contributed by atoms with E-state index in [1.807, 2.05) is 36.5 Å². The quantitative estimate of drug-likeness (QED) is 0.497. The van der Waals surface area contributed by atoms with E-state index in [4.69, 9.17) is 4.84 Å². The van der Waals surface area contributed by atoms with Gasteiger partial charge in [-0.15, -0.1) is 0 Å². The molecule has 0 aliphatic carbocycles. The first-order valence-corrected chi connectivity index (χ1v) is 7.74. The lowest BCUT2D eigenvalue weighted by Gasteiger charge is -2.25. The molecule has 0 spiro atoms. The summed E-state index contributed by atoms with van der Waals surface area (Å²) in [5.74, 6) is 1.23. The molecule has 1 rings (SSSR count). The molecular weight excluding hydrogens is 262 g/mol. The molecule has 3 atom stereocenters. The predicted molar refractivity (Wildman–Crippen MR) is 87.1 cm³/mol. The van der Waals surface area contributed by atoms with Crippen LogP contribution in [0.15, 0.2) is 35.5 Å². The number of benzene rings is 1. The molecule has 1 aromatic rings. The van der Waals surface area contributed by atoms with Crippen LogP contribution < -0.4 is 0 Å². The molecule has 0 N–H and O–H groups in total. The van der Waals surface area contributed by atoms with E-state index in [-0.39, 0.29) is 11.7 Å². The fraction of sp³-hybridized carbons (Fsp3) is 0.556. The average Bonchev–Trinajstić information content (AvgIpc) is 2.48. The van der Waals surface area contributed by atoms with Crippen molar-refractivity contribution in [3.05, 3.63) is 35.9 Å². The number of nitrogens with zero attached hydrogens (tertiary/aromatic N) is 1. The van der Waals surface area contributed by atoms with Crippen molar-refractivity contribution in [1.82, 2.24) is 0 Å². The number of Topliss-reactive ketones (excluding diaryl/α,β-unsaturated/α-hetero) is 1. The van der Waals surface area contributed by atoms with Crippen LogP contribution in [0.2, 0.25) is 0 Å². The zero-order chi connectivity index (χ0) is 15.7. The third-order valence-electron chi connectivity index (χ3n) is 4.19. The Morgan fingerprint density at radius 3 is 2.52 bits per heavy atom. The van der Waals surface area contributed by atoms with Crippen molar-refractivity contribution in [2.75, 3.05) is 0 Å². The molecule has 0 amide bonds. The molecule has 21 heavy (non-hydrogen) atoms. The Morgan fingerprint density at radius 1 is 1.29 bits per heavy atom. The largest absolute Gasteiger partial charge is 0.391 e. The number of hydrogen-bond donors (Lipinski definition) is 0. The van der Waals surface area contributed by atoms with Gasteiger partial charge < -0.3 is 4.84 Å². The molecular formula is C18H27NO2. The van der Waals surface area contributed by atoms with Crippen molar-refractivity contribution in [2.24, 2.45) is 22.9 Å². The maximum Gasteiger partial charge on any atom is 0.142 e. The molecule has 0 aromatic heterocycles. The van der Waals surface area contributed by atoms with Crippen LogP contribution in [0.4, 0.5) is 0 Å². The van der Waals surface area contributed by atoms with Gasteiger partial charge in [0.05, 0.1) is 0 Å². The van der Waals surface area contributed by atoms with Crippen molar-refractivity contribution in [1.29, 1.82) is 0 Å². The van der Waals surface area contributed by atoms with Crippen molar-refractivity contribution in [2.45, 2.75) is 47.1 Å². The number of ketones is 1. The molecule has 3 heteroatoms. The van der Waals surface area contributed by atoms with Crippen LogP contribution in [0.3, 0.4) is 0 Å². The van der Waals surface area contributed by atoms with E-state index in [1.54, 1.807) is 6.92 Å². The molecule has 3 nitrogen and oxygen atoms in total. The van der Waals surface area contributed by atoms with E-state index < -0.39 is 0 Å². The highest BCUT2D eigenvalue weighted by Gasteiger charge is 2.24. The highest BCUT2D eigenvalue weighted by atomic mass is 16.6. The van der Waals surface area contributed by atoms with Crippen molar-refractivity contribution in [3.63, 3.8) is 0 Å². The molecule has 0 bridgehead atoms. The van der Waals surface area contributed by atoms with Gasteiger partial charge in [-0.2, -0.15) is 0 Å². The number of oxime groups is 1. The minimum absolute atomic E-state index is 0.152. The molecule has 0 saturated heterocycles. The third kappa shape index (κ3) is 6.11. The normalized spacial score (nSPS) is 15.6. The number of carbonyl (C=O) groups is 1. The van der Waals surface area contributed by atoms with E-state index in [1.165, 1.54) is 0 Å². The molecule has 0 saturated carbocycles. The van der Waals surface area contributed by atoms with E-state index in [9.17, 15) is 4.79 Å². The summed E-state index contributed by atoms with van der Waals surface area (Å²) < 4.78 is 0. The standard InChI is InChI=1S/C18H27NO2/c1-5-18(16(4)20)15(3)14(2)11-12-19-21-13-17-9-7-6-8-10-17/h6-10,12,14-15,18H,5,11,13H2,1-4H3/b19-12+/t14-,15?,18+/m1/s1. The Bertz CT molecular complexity index is 442. The predicted octanol–water partition coefficient (Wildman–Crippen LogP) is 4.47. The Kier molecular flexibility index (Phi) is 7.73. The van der Waals surface area contributed by atoms with Crippen LogP contribution in [0.25, 0.3) is 0 Å². The van der Waals surface area contributed by atoms with Crippen LogP contribution in [0.1, 0.15) is 46.1 Å². The Hall–Kier alpha value is -1.64. The molecule has 0 aliphatic heterocycles. The van der Waals surface area contributed by atoms with Gasteiger partial charge in [0.15, 0.2) is 0 Å². The second-order valence-corrected chi connectivity index (χ2v) is 5.74. The molecule has 0 radical (unpaired) electrons. The second kappa shape index (κ2) is 9.32. The van der Waals surface area contributed by atoms with Gasteiger partial charge in [0, 0.05) is 12.1 Å². The first-order chi connectivity index (χ1) is 10.1. The summed E-state index contributed by atoms with van der Waals surface area (Å²) in [4.78, 5) is 16.9. The topological polar surface area (TPSA) is 38.7 Å². The van der Waals surface area contributed by atoms with Gasteiger partial charge in [-0.3, -0.25) is 4.79 Å². The highest BCUT2D eigenvalue weighted by molar-refractivity contribution is 5.78. The Balaban J connectivity index is 2.33. The Morgan fingerprint density at radius 2 is 1.95 bits per heavy atom. The monoisotopic (exact) mass is 289 g/mol. The maximum absolute atomic E-state index is 11.6. The van der Waals surface area contributed by atoms with Crippen LogP contribution in [-0.2, 0) is 16.2 Å². The summed E-state index contributed by atoms with van der Waals surface area (Å²) in [5, 5.41) is 4.01. The van der Waals surface area contributed by atoms with Crippen molar-refractivity contribution in [3.8, 4) is 0 Å². The summed E-state index contributed by atoms with van der Waals surface area (Å²) in [6.45, 7) is 8.57. The maximum atomic E-state index is 11.6. The minimum Gasteiger partial charge on any atom is -0.391 e. The molecule has 116 valence electrons. The van der Waals surface area contributed by atoms with Gasteiger partial charge in [-0.25, -0.2) is 0 Å². The molecule has 0 heterocycles. The van der Waals surface area contributed by atoms with Gasteiger partial charge in [-0.1, -0.05) is 56.3 Å². The van der Waals surface area contributed by atoms with Gasteiger partial charge >= 0.3 is 0 Å². The van der Waals surface area contributed by atoms with Crippen molar-refractivity contribution < 1.29 is 9.63 Å². The summed E-state index contributed by atoms with van der Waals surface area (Å²) in [6, 6.07) is 9.98. The zero-order valence-corrected chi connectivity index (χ0v) is 13.6. The Labute approximate surface area is 128 Å². The van der Waals surface area contributed by atoms with Crippen LogP contribution in [-0.4, -0.2) is 12.0 Å². The smallest absolute Gasteiger partial charge is 0.142 e. The van der Waals surface area contributed by atoms with Crippen LogP contribution >= 0.6 is 0 Å². The van der Waals surface area contributed by atoms with E-state index in [2.05, 4.69) is 25.9 Å². The van der Waals surface area contributed by atoms with Crippen LogP contribution in [0, 0.1) is 17.8 Å². The fourth-order valence-electron chi connectivity index (χ4n) is 2.59. The minimum atomic E-state index is 0.152. The van der Waals surface area contributed by atoms with E-state index in [0.717, 1.165) is 18.4 Å². The van der Waals surface area contributed by atoms with Gasteiger partial charge in [0.1, 0.15) is 12.4 Å². The summed E-state index contributed by atoms with van der Waals surface area (Å²) in [6.07, 6.45) is 3.55. The van der Waals surface area contributed by atoms with Gasteiger partial charge in [0.25, 0.3) is 0 Å². The SMILES string of the molecule is CC[C@H](C(C)=O)C(C)[C@H](C)C/C=N/OCc1ccccc1. The highest BCUT2D eigenvalue weighted by Crippen LogP contribution is 2.26. The fourth-order valence-corrected chi connectivity index (χ4v) is 2.59. The lowest BCUT2D eigenvalue weighted by molar-refractivity contribution is -0.122. The first kappa shape index (κ1) is 17.4. The van der Waals surface area contributed by atoms with Crippen LogP contribution in [0.5, 0.6) is 0 Å². The van der Waals surface area contributed by atoms with Crippen molar-refractivity contribution >= 4 is 12.0 Å². The summed E-state index contributed by atoms with van der Waals surface area (Å²) in [7, 11) is 0. The summed E-state index contributed by atoms with van der Waals surface area (Å²) >= 11 is 0. The number of hydrogen-bond acceptors (Lipinski definition) is 3. The molecule has 1 aromatic carbocycles. The lowest BCUT2D eigenvalue weighted by Crippen LogP contribution is -2.24. The second-order valence-electron chi connectivity index (χ2n) is 5.74. The first-order valence-electron chi connectivity index (χ1n) is 7.74. The zero-order valence-electron chi connectivity index (χ0n) is 13.6.